The number of benzene rings is 1. The molecule has 1 N–H and O–H groups in total. The Balaban J connectivity index is 1.53. The first-order valence-corrected chi connectivity index (χ1v) is 12.2. The second kappa shape index (κ2) is 9.37. The highest BCUT2D eigenvalue weighted by atomic mass is 31.2. The zero-order valence-corrected chi connectivity index (χ0v) is 16.6. The van der Waals surface area contributed by atoms with E-state index in [-0.39, 0.29) is 6.10 Å². The standard InChI is InChI=1S/C21H34NO2P/c1-3-24-25(2,16-18-10-6-4-7-11-18)17-20-14-22-21(15-23-20)19-12-8-5-9-13-19/h5,8-9,12-13,18,20-22H,2-4,6-7,10-11,14-17H2,1H3/t20-,21?,25?/m0/s1. The van der Waals surface area contributed by atoms with Crippen molar-refractivity contribution < 1.29 is 9.26 Å². The highest BCUT2D eigenvalue weighted by molar-refractivity contribution is 7.69. The van der Waals surface area contributed by atoms with Gasteiger partial charge in [-0.25, -0.2) is 0 Å². The minimum absolute atomic E-state index is 0.237. The van der Waals surface area contributed by atoms with Crippen LogP contribution >= 0.6 is 7.11 Å². The summed E-state index contributed by atoms with van der Waals surface area (Å²) >= 11 is 0. The third kappa shape index (κ3) is 5.69. The molecule has 3 nitrogen and oxygen atoms in total. The first kappa shape index (κ1) is 19.2. The van der Waals surface area contributed by atoms with E-state index in [1.165, 1.54) is 43.8 Å². The second-order valence-corrected chi connectivity index (χ2v) is 10.8. The van der Waals surface area contributed by atoms with Crippen molar-refractivity contribution in [3.05, 3.63) is 35.9 Å². The topological polar surface area (TPSA) is 30.5 Å². The number of ether oxygens (including phenoxy) is 1. The third-order valence-corrected chi connectivity index (χ3v) is 8.61. The van der Waals surface area contributed by atoms with Crippen LogP contribution in [0.25, 0.3) is 0 Å². The van der Waals surface area contributed by atoms with E-state index in [1.54, 1.807) is 0 Å². The molecule has 0 amide bonds. The maximum absolute atomic E-state index is 6.24. The van der Waals surface area contributed by atoms with Crippen LogP contribution in [0.1, 0.15) is 50.6 Å². The summed E-state index contributed by atoms with van der Waals surface area (Å²) in [5.41, 5.74) is 1.31. The van der Waals surface area contributed by atoms with E-state index in [1.807, 2.05) is 0 Å². The average molecular weight is 363 g/mol. The quantitative estimate of drug-likeness (QED) is 0.713. The van der Waals surface area contributed by atoms with E-state index in [9.17, 15) is 0 Å². The Bertz CT molecular complexity index is 548. The molecule has 1 aliphatic heterocycles. The molecule has 2 unspecified atom stereocenters. The summed E-state index contributed by atoms with van der Waals surface area (Å²) in [6.45, 7) is 4.52. The molecule has 1 heterocycles. The van der Waals surface area contributed by atoms with Crippen molar-refractivity contribution in [1.82, 2.24) is 5.32 Å². The van der Waals surface area contributed by atoms with Gasteiger partial charge >= 0.3 is 0 Å². The maximum atomic E-state index is 6.24. The Morgan fingerprint density at radius 3 is 2.56 bits per heavy atom. The van der Waals surface area contributed by atoms with Crippen molar-refractivity contribution in [2.24, 2.45) is 5.92 Å². The number of hydrogen-bond acceptors (Lipinski definition) is 3. The van der Waals surface area contributed by atoms with E-state index in [2.05, 4.69) is 48.9 Å². The van der Waals surface area contributed by atoms with Gasteiger partial charge in [-0.2, -0.15) is 0 Å². The zero-order chi connectivity index (χ0) is 17.5. The molecule has 0 radical (unpaired) electrons. The SMILES string of the molecule is C=P(CC1CCCCC1)(C[C@@H]1CNC(c2ccccc2)CO1)OCC. The molecule has 25 heavy (non-hydrogen) atoms. The van der Waals surface area contributed by atoms with Gasteiger partial charge in [0.15, 0.2) is 0 Å². The lowest BCUT2D eigenvalue weighted by Crippen LogP contribution is -2.43. The summed E-state index contributed by atoms with van der Waals surface area (Å²) in [4.78, 5) is 0. The fraction of sp³-hybridized carbons (Fsp3) is 0.667. The fourth-order valence-electron chi connectivity index (χ4n) is 4.31. The molecule has 2 aliphatic rings. The first-order valence-electron chi connectivity index (χ1n) is 9.94. The first-order chi connectivity index (χ1) is 12.2. The molecular formula is C21H34NO2P. The van der Waals surface area contributed by atoms with E-state index >= 15 is 0 Å². The van der Waals surface area contributed by atoms with Gasteiger partial charge in [0.2, 0.25) is 0 Å². The van der Waals surface area contributed by atoms with Gasteiger partial charge in [0.25, 0.3) is 0 Å². The molecule has 140 valence electrons. The third-order valence-electron chi connectivity index (χ3n) is 5.55. The molecule has 1 saturated carbocycles. The van der Waals surface area contributed by atoms with Gasteiger partial charge < -0.3 is 14.6 Å². The van der Waals surface area contributed by atoms with Crippen LogP contribution in [0.3, 0.4) is 0 Å². The van der Waals surface area contributed by atoms with E-state index in [0.29, 0.717) is 6.04 Å². The molecule has 2 fully saturated rings. The monoisotopic (exact) mass is 363 g/mol. The highest BCUT2D eigenvalue weighted by Crippen LogP contribution is 2.51. The summed E-state index contributed by atoms with van der Waals surface area (Å²) in [7, 11) is -1.61. The largest absolute Gasteiger partial charge is 0.374 e. The molecule has 0 bridgehead atoms. The Morgan fingerprint density at radius 2 is 1.92 bits per heavy atom. The molecule has 1 aromatic carbocycles. The van der Waals surface area contributed by atoms with Crippen molar-refractivity contribution in [3.63, 3.8) is 0 Å². The summed E-state index contributed by atoms with van der Waals surface area (Å²) in [6.07, 6.45) is 13.9. The Kier molecular flexibility index (Phi) is 7.18. The molecule has 1 saturated heterocycles. The predicted molar refractivity (Wildman–Crippen MR) is 109 cm³/mol. The van der Waals surface area contributed by atoms with E-state index < -0.39 is 7.11 Å². The molecule has 1 aliphatic carbocycles. The number of morpholine rings is 1. The lowest BCUT2D eigenvalue weighted by atomic mass is 9.91. The van der Waals surface area contributed by atoms with Gasteiger partial charge in [0.05, 0.1) is 18.8 Å². The van der Waals surface area contributed by atoms with Crippen LogP contribution in [0.4, 0.5) is 0 Å². The summed E-state index contributed by atoms with van der Waals surface area (Å²) < 4.78 is 12.5. The van der Waals surface area contributed by atoms with Crippen LogP contribution in [-0.4, -0.2) is 44.5 Å². The maximum Gasteiger partial charge on any atom is 0.0759 e. The number of nitrogens with one attached hydrogen (secondary N) is 1. The molecule has 0 aromatic heterocycles. The summed E-state index contributed by atoms with van der Waals surface area (Å²) in [5.74, 6) is 0.819. The van der Waals surface area contributed by atoms with Crippen molar-refractivity contribution in [2.75, 3.05) is 32.1 Å². The Morgan fingerprint density at radius 1 is 1.16 bits per heavy atom. The molecule has 3 rings (SSSR count). The smallest absolute Gasteiger partial charge is 0.0759 e. The van der Waals surface area contributed by atoms with Crippen LogP contribution in [-0.2, 0) is 9.26 Å². The minimum Gasteiger partial charge on any atom is -0.374 e. The van der Waals surface area contributed by atoms with Gasteiger partial charge in [0.1, 0.15) is 0 Å². The van der Waals surface area contributed by atoms with Crippen LogP contribution in [0.5, 0.6) is 0 Å². The summed E-state index contributed by atoms with van der Waals surface area (Å²) in [6, 6.07) is 10.9. The van der Waals surface area contributed by atoms with Crippen molar-refractivity contribution in [1.29, 1.82) is 0 Å². The van der Waals surface area contributed by atoms with Gasteiger partial charge in [-0.1, -0.05) is 68.7 Å². The number of rotatable bonds is 7. The normalized spacial score (nSPS) is 27.7. The molecular weight excluding hydrogens is 329 g/mol. The fourth-order valence-corrected chi connectivity index (χ4v) is 7.50. The van der Waals surface area contributed by atoms with Crippen LogP contribution in [0.15, 0.2) is 30.3 Å². The lowest BCUT2D eigenvalue weighted by Gasteiger charge is -2.36. The zero-order valence-electron chi connectivity index (χ0n) is 15.7. The lowest BCUT2D eigenvalue weighted by molar-refractivity contribution is 0.0160. The second-order valence-electron chi connectivity index (χ2n) is 7.67. The Hall–Kier alpha value is -0.600. The van der Waals surface area contributed by atoms with Crippen LogP contribution < -0.4 is 5.32 Å². The van der Waals surface area contributed by atoms with Gasteiger partial charge in [-0.3, -0.25) is 0 Å². The van der Waals surface area contributed by atoms with Crippen LogP contribution in [0, 0.1) is 5.92 Å². The Labute approximate surface area is 153 Å². The van der Waals surface area contributed by atoms with E-state index in [0.717, 1.165) is 31.8 Å². The van der Waals surface area contributed by atoms with Crippen molar-refractivity contribution in [2.45, 2.75) is 51.2 Å². The van der Waals surface area contributed by atoms with Gasteiger partial charge in [0, 0.05) is 26.4 Å². The highest BCUT2D eigenvalue weighted by Gasteiger charge is 2.29. The van der Waals surface area contributed by atoms with Gasteiger partial charge in [-0.15, -0.1) is 0 Å². The van der Waals surface area contributed by atoms with E-state index in [4.69, 9.17) is 9.26 Å². The summed E-state index contributed by atoms with van der Waals surface area (Å²) in [5, 5.41) is 3.66. The molecule has 3 atom stereocenters. The molecule has 1 aromatic rings. The average Bonchev–Trinajstić information content (AvgIpc) is 2.64. The molecule has 0 spiro atoms. The number of hydrogen-bond donors (Lipinski definition) is 1. The van der Waals surface area contributed by atoms with Crippen molar-refractivity contribution in [3.8, 4) is 0 Å². The van der Waals surface area contributed by atoms with Crippen LogP contribution in [0.2, 0.25) is 0 Å². The molecule has 4 heteroatoms. The van der Waals surface area contributed by atoms with Gasteiger partial charge in [-0.05, 0) is 24.6 Å². The van der Waals surface area contributed by atoms with Crippen molar-refractivity contribution >= 4 is 13.4 Å². The predicted octanol–water partition coefficient (Wildman–Crippen LogP) is 4.70. The minimum atomic E-state index is -1.61.